The Morgan fingerprint density at radius 1 is 1.24 bits per heavy atom. The number of halogens is 1. The van der Waals surface area contributed by atoms with Crippen LogP contribution in [0.4, 0.5) is 4.39 Å². The van der Waals surface area contributed by atoms with Crippen LogP contribution >= 0.6 is 0 Å². The Morgan fingerprint density at radius 3 is 2.80 bits per heavy atom. The molecule has 1 aromatic carbocycles. The zero-order valence-corrected chi connectivity index (χ0v) is 14.8. The maximum absolute atomic E-state index is 13.9. The molecule has 1 aliphatic rings. The van der Waals surface area contributed by atoms with Gasteiger partial charge in [-0.1, -0.05) is 25.1 Å². The summed E-state index contributed by atoms with van der Waals surface area (Å²) in [5.41, 5.74) is 0.387. The summed E-state index contributed by atoms with van der Waals surface area (Å²) >= 11 is 0. The molecular weight excluding hydrogens is 319 g/mol. The minimum Gasteiger partial charge on any atom is -0.387 e. The highest BCUT2D eigenvalue weighted by Crippen LogP contribution is 2.21. The van der Waals surface area contributed by atoms with Crippen LogP contribution in [0.25, 0.3) is 0 Å². The second-order valence-corrected chi connectivity index (χ2v) is 6.66. The summed E-state index contributed by atoms with van der Waals surface area (Å²) in [6.07, 6.45) is 4.02. The molecule has 2 aromatic rings. The lowest BCUT2D eigenvalue weighted by Crippen LogP contribution is -2.54. The van der Waals surface area contributed by atoms with Crippen molar-refractivity contribution in [2.24, 2.45) is 0 Å². The minimum absolute atomic E-state index is 0.332. The summed E-state index contributed by atoms with van der Waals surface area (Å²) in [5, 5.41) is 14.7. The van der Waals surface area contributed by atoms with E-state index in [1.165, 1.54) is 6.07 Å². The summed E-state index contributed by atoms with van der Waals surface area (Å²) < 4.78 is 15.8. The van der Waals surface area contributed by atoms with Crippen LogP contribution in [0, 0.1) is 5.82 Å². The number of aromatic nitrogens is 2. The fourth-order valence-electron chi connectivity index (χ4n) is 3.53. The van der Waals surface area contributed by atoms with E-state index >= 15 is 0 Å². The smallest absolute Gasteiger partial charge is 0.129 e. The van der Waals surface area contributed by atoms with Gasteiger partial charge in [-0.25, -0.2) is 4.39 Å². The SMILES string of the molecule is CCC1CN(CCn2cccn2)CCN1CC(O)c1ccccc1F. The van der Waals surface area contributed by atoms with Crippen LogP contribution in [0.2, 0.25) is 0 Å². The Hall–Kier alpha value is -1.76. The number of nitrogens with zero attached hydrogens (tertiary/aromatic N) is 4. The molecule has 0 amide bonds. The monoisotopic (exact) mass is 346 g/mol. The molecule has 2 heterocycles. The first-order valence-corrected chi connectivity index (χ1v) is 9.03. The molecule has 1 aliphatic heterocycles. The molecule has 0 aliphatic carbocycles. The largest absolute Gasteiger partial charge is 0.387 e. The number of piperazine rings is 1. The van der Waals surface area contributed by atoms with E-state index < -0.39 is 6.10 Å². The molecule has 1 N–H and O–H groups in total. The normalized spacial score (nSPS) is 20.7. The minimum atomic E-state index is -0.786. The molecule has 0 spiro atoms. The fourth-order valence-corrected chi connectivity index (χ4v) is 3.53. The predicted octanol–water partition coefficient (Wildman–Crippen LogP) is 2.15. The maximum atomic E-state index is 13.9. The maximum Gasteiger partial charge on any atom is 0.129 e. The first kappa shape index (κ1) is 18.0. The van der Waals surface area contributed by atoms with Crippen molar-refractivity contribution >= 4 is 0 Å². The van der Waals surface area contributed by atoms with E-state index in [9.17, 15) is 9.50 Å². The number of rotatable bonds is 7. The van der Waals surface area contributed by atoms with Crippen molar-refractivity contribution in [1.29, 1.82) is 0 Å². The van der Waals surface area contributed by atoms with Crippen molar-refractivity contribution in [2.45, 2.75) is 32.0 Å². The number of hydrogen-bond acceptors (Lipinski definition) is 4. The number of hydrogen-bond donors (Lipinski definition) is 1. The quantitative estimate of drug-likeness (QED) is 0.834. The lowest BCUT2D eigenvalue weighted by molar-refractivity contribution is 0.0285. The highest BCUT2D eigenvalue weighted by atomic mass is 19.1. The lowest BCUT2D eigenvalue weighted by Gasteiger charge is -2.42. The zero-order valence-electron chi connectivity index (χ0n) is 14.8. The zero-order chi connectivity index (χ0) is 17.6. The summed E-state index contributed by atoms with van der Waals surface area (Å²) in [5.74, 6) is -0.332. The molecule has 1 saturated heterocycles. The molecule has 25 heavy (non-hydrogen) atoms. The standard InChI is InChI=1S/C19H27FN4O/c1-2-16-14-22(11-13-24-9-5-8-21-24)10-12-23(16)15-19(25)17-6-3-4-7-18(17)20/h3-9,16,19,25H,2,10-15H2,1H3. The van der Waals surface area contributed by atoms with Gasteiger partial charge in [-0.3, -0.25) is 14.5 Å². The molecule has 0 bridgehead atoms. The van der Waals surface area contributed by atoms with E-state index in [1.807, 2.05) is 16.9 Å². The van der Waals surface area contributed by atoms with Gasteiger partial charge in [0, 0.05) is 56.7 Å². The molecular formula is C19H27FN4O. The molecule has 3 rings (SSSR count). The van der Waals surface area contributed by atoms with Crippen LogP contribution in [-0.2, 0) is 6.54 Å². The topological polar surface area (TPSA) is 44.5 Å². The summed E-state index contributed by atoms with van der Waals surface area (Å²) in [4.78, 5) is 4.74. The average Bonchev–Trinajstić information content (AvgIpc) is 3.14. The van der Waals surface area contributed by atoms with E-state index in [2.05, 4.69) is 21.8 Å². The Balaban J connectivity index is 1.54. The van der Waals surface area contributed by atoms with Crippen molar-refractivity contribution in [2.75, 3.05) is 32.7 Å². The van der Waals surface area contributed by atoms with Crippen molar-refractivity contribution in [1.82, 2.24) is 19.6 Å². The fraction of sp³-hybridized carbons (Fsp3) is 0.526. The highest BCUT2D eigenvalue weighted by Gasteiger charge is 2.28. The lowest BCUT2D eigenvalue weighted by atomic mass is 10.0. The van der Waals surface area contributed by atoms with Crippen molar-refractivity contribution in [3.63, 3.8) is 0 Å². The highest BCUT2D eigenvalue weighted by molar-refractivity contribution is 5.20. The van der Waals surface area contributed by atoms with Gasteiger partial charge in [0.15, 0.2) is 0 Å². The Kier molecular flexibility index (Phi) is 6.18. The van der Waals surface area contributed by atoms with E-state index in [1.54, 1.807) is 24.4 Å². The van der Waals surface area contributed by atoms with Gasteiger partial charge in [-0.15, -0.1) is 0 Å². The van der Waals surface area contributed by atoms with Crippen molar-refractivity contribution in [3.8, 4) is 0 Å². The second-order valence-electron chi connectivity index (χ2n) is 6.66. The molecule has 0 saturated carbocycles. The van der Waals surface area contributed by atoms with Gasteiger partial charge in [0.05, 0.1) is 12.6 Å². The molecule has 1 aromatic heterocycles. The summed E-state index contributed by atoms with van der Waals surface area (Å²) in [6, 6.07) is 8.82. The predicted molar refractivity (Wildman–Crippen MR) is 95.7 cm³/mol. The summed E-state index contributed by atoms with van der Waals surface area (Å²) in [6.45, 7) is 7.34. The third-order valence-corrected chi connectivity index (χ3v) is 5.04. The van der Waals surface area contributed by atoms with Gasteiger partial charge in [-0.05, 0) is 18.6 Å². The van der Waals surface area contributed by atoms with Crippen molar-refractivity contribution in [3.05, 3.63) is 54.1 Å². The molecule has 2 unspecified atom stereocenters. The van der Waals surface area contributed by atoms with Crippen LogP contribution in [0.1, 0.15) is 25.0 Å². The molecule has 6 heteroatoms. The summed E-state index contributed by atoms with van der Waals surface area (Å²) in [7, 11) is 0. The van der Waals surface area contributed by atoms with Gasteiger partial charge >= 0.3 is 0 Å². The molecule has 136 valence electrons. The van der Waals surface area contributed by atoms with Gasteiger partial charge in [0.2, 0.25) is 0 Å². The van der Waals surface area contributed by atoms with Gasteiger partial charge in [0.25, 0.3) is 0 Å². The van der Waals surface area contributed by atoms with Crippen LogP contribution in [-0.4, -0.2) is 63.5 Å². The molecule has 1 fully saturated rings. The first-order chi connectivity index (χ1) is 12.2. The number of β-amino-alcohol motifs (C(OH)–C–C–N with tert-alkyl or cyclic N) is 1. The molecule has 2 atom stereocenters. The van der Waals surface area contributed by atoms with Crippen LogP contribution in [0.15, 0.2) is 42.7 Å². The Bertz CT molecular complexity index is 649. The molecule has 5 nitrogen and oxygen atoms in total. The number of benzene rings is 1. The Labute approximate surface area is 148 Å². The average molecular weight is 346 g/mol. The van der Waals surface area contributed by atoms with E-state index in [4.69, 9.17) is 0 Å². The molecule has 0 radical (unpaired) electrons. The second kappa shape index (κ2) is 8.56. The Morgan fingerprint density at radius 2 is 2.08 bits per heavy atom. The first-order valence-electron chi connectivity index (χ1n) is 9.03. The van der Waals surface area contributed by atoms with Crippen LogP contribution in [0.3, 0.4) is 0 Å². The van der Waals surface area contributed by atoms with Gasteiger partial charge < -0.3 is 5.11 Å². The van der Waals surface area contributed by atoms with Crippen LogP contribution < -0.4 is 0 Å². The van der Waals surface area contributed by atoms with Gasteiger partial charge in [-0.2, -0.15) is 5.10 Å². The van der Waals surface area contributed by atoms with E-state index in [-0.39, 0.29) is 5.82 Å². The van der Waals surface area contributed by atoms with Crippen LogP contribution in [0.5, 0.6) is 0 Å². The number of aliphatic hydroxyl groups is 1. The third-order valence-electron chi connectivity index (χ3n) is 5.04. The van der Waals surface area contributed by atoms with E-state index in [0.717, 1.165) is 39.1 Å². The van der Waals surface area contributed by atoms with Gasteiger partial charge in [0.1, 0.15) is 5.82 Å². The van der Waals surface area contributed by atoms with E-state index in [0.29, 0.717) is 18.2 Å². The van der Waals surface area contributed by atoms with Crippen molar-refractivity contribution < 1.29 is 9.50 Å². The third kappa shape index (κ3) is 4.66. The number of aliphatic hydroxyl groups excluding tert-OH is 1.